The average molecular weight is 250 g/mol. The Kier molecular flexibility index (Phi) is 4.58. The SMILES string of the molecule is C1CCC(CCN2CCCC2C2CCCC2)NC1. The van der Waals surface area contributed by atoms with E-state index in [2.05, 4.69) is 10.2 Å². The first kappa shape index (κ1) is 12.9. The van der Waals surface area contributed by atoms with Gasteiger partial charge in [-0.2, -0.15) is 0 Å². The molecule has 0 spiro atoms. The molecule has 1 saturated carbocycles. The van der Waals surface area contributed by atoms with E-state index in [0.717, 1.165) is 18.0 Å². The monoisotopic (exact) mass is 250 g/mol. The van der Waals surface area contributed by atoms with Crippen LogP contribution in [0.3, 0.4) is 0 Å². The Labute approximate surface area is 113 Å². The molecule has 0 aromatic rings. The predicted octanol–water partition coefficient (Wildman–Crippen LogP) is 3.17. The van der Waals surface area contributed by atoms with Gasteiger partial charge in [0.15, 0.2) is 0 Å². The molecule has 2 atom stereocenters. The molecule has 2 aliphatic heterocycles. The molecule has 104 valence electrons. The highest BCUT2D eigenvalue weighted by atomic mass is 15.2. The van der Waals surface area contributed by atoms with Gasteiger partial charge in [0.1, 0.15) is 0 Å². The van der Waals surface area contributed by atoms with Gasteiger partial charge in [-0.3, -0.25) is 0 Å². The number of rotatable bonds is 4. The van der Waals surface area contributed by atoms with Gasteiger partial charge in [-0.15, -0.1) is 0 Å². The van der Waals surface area contributed by atoms with Crippen LogP contribution in [0.25, 0.3) is 0 Å². The number of hydrogen-bond donors (Lipinski definition) is 1. The smallest absolute Gasteiger partial charge is 0.0124 e. The van der Waals surface area contributed by atoms with Crippen LogP contribution in [0.5, 0.6) is 0 Å². The minimum atomic E-state index is 0.823. The molecule has 3 rings (SSSR count). The molecule has 2 heteroatoms. The summed E-state index contributed by atoms with van der Waals surface area (Å²) < 4.78 is 0. The first-order chi connectivity index (χ1) is 8.93. The van der Waals surface area contributed by atoms with Crippen molar-refractivity contribution in [3.8, 4) is 0 Å². The minimum absolute atomic E-state index is 0.823. The molecule has 2 nitrogen and oxygen atoms in total. The summed E-state index contributed by atoms with van der Waals surface area (Å²) in [5.41, 5.74) is 0. The van der Waals surface area contributed by atoms with E-state index in [1.807, 2.05) is 0 Å². The van der Waals surface area contributed by atoms with Crippen molar-refractivity contribution in [1.82, 2.24) is 10.2 Å². The molecule has 18 heavy (non-hydrogen) atoms. The molecule has 0 amide bonds. The quantitative estimate of drug-likeness (QED) is 0.824. The third-order valence-electron chi connectivity index (χ3n) is 5.54. The van der Waals surface area contributed by atoms with Crippen LogP contribution >= 0.6 is 0 Å². The van der Waals surface area contributed by atoms with Gasteiger partial charge in [0, 0.05) is 12.1 Å². The molecule has 0 aromatic carbocycles. The summed E-state index contributed by atoms with van der Waals surface area (Å²) in [5, 5.41) is 3.70. The van der Waals surface area contributed by atoms with Gasteiger partial charge < -0.3 is 10.2 Å². The number of likely N-dealkylation sites (tertiary alicyclic amines) is 1. The van der Waals surface area contributed by atoms with Crippen LogP contribution in [0.15, 0.2) is 0 Å². The minimum Gasteiger partial charge on any atom is -0.314 e. The van der Waals surface area contributed by atoms with Crippen molar-refractivity contribution >= 4 is 0 Å². The molecular weight excluding hydrogens is 220 g/mol. The summed E-state index contributed by atoms with van der Waals surface area (Å²) in [6.07, 6.45) is 14.6. The van der Waals surface area contributed by atoms with Gasteiger partial charge in [0.2, 0.25) is 0 Å². The van der Waals surface area contributed by atoms with Gasteiger partial charge in [0.05, 0.1) is 0 Å². The van der Waals surface area contributed by atoms with Crippen molar-refractivity contribution in [3.05, 3.63) is 0 Å². The van der Waals surface area contributed by atoms with Crippen molar-refractivity contribution in [2.24, 2.45) is 5.92 Å². The lowest BCUT2D eigenvalue weighted by molar-refractivity contribution is 0.178. The summed E-state index contributed by atoms with van der Waals surface area (Å²) in [6.45, 7) is 4.00. The topological polar surface area (TPSA) is 15.3 Å². The lowest BCUT2D eigenvalue weighted by atomic mass is 9.95. The molecule has 2 heterocycles. The molecule has 0 bridgehead atoms. The van der Waals surface area contributed by atoms with Crippen LogP contribution in [-0.4, -0.2) is 36.6 Å². The second-order valence-electron chi connectivity index (χ2n) is 6.73. The predicted molar refractivity (Wildman–Crippen MR) is 76.8 cm³/mol. The summed E-state index contributed by atoms with van der Waals surface area (Å²) in [7, 11) is 0. The van der Waals surface area contributed by atoms with Gasteiger partial charge in [-0.25, -0.2) is 0 Å². The van der Waals surface area contributed by atoms with E-state index in [-0.39, 0.29) is 0 Å². The van der Waals surface area contributed by atoms with E-state index in [1.165, 1.54) is 83.8 Å². The van der Waals surface area contributed by atoms with Crippen LogP contribution in [0, 0.1) is 5.92 Å². The molecule has 2 unspecified atom stereocenters. The fourth-order valence-corrected chi connectivity index (χ4v) is 4.50. The first-order valence-corrected chi connectivity index (χ1v) is 8.41. The van der Waals surface area contributed by atoms with Gasteiger partial charge in [-0.05, 0) is 70.5 Å². The maximum Gasteiger partial charge on any atom is 0.0124 e. The van der Waals surface area contributed by atoms with Crippen LogP contribution in [0.1, 0.15) is 64.2 Å². The van der Waals surface area contributed by atoms with Gasteiger partial charge in [0.25, 0.3) is 0 Å². The highest BCUT2D eigenvalue weighted by Crippen LogP contribution is 2.35. The van der Waals surface area contributed by atoms with Crippen molar-refractivity contribution < 1.29 is 0 Å². The zero-order valence-corrected chi connectivity index (χ0v) is 11.9. The number of nitrogens with one attached hydrogen (secondary N) is 1. The van der Waals surface area contributed by atoms with Crippen molar-refractivity contribution in [2.45, 2.75) is 76.3 Å². The highest BCUT2D eigenvalue weighted by Gasteiger charge is 2.33. The second kappa shape index (κ2) is 6.38. The molecule has 3 aliphatic rings. The standard InChI is InChI=1S/C16H30N2/c1-2-7-14(6-1)16-9-5-12-18(16)13-10-15-8-3-4-11-17-15/h14-17H,1-13H2. The third-order valence-corrected chi connectivity index (χ3v) is 5.54. The van der Waals surface area contributed by atoms with E-state index >= 15 is 0 Å². The molecular formula is C16H30N2. The maximum absolute atomic E-state index is 3.70. The fraction of sp³-hybridized carbons (Fsp3) is 1.00. The van der Waals surface area contributed by atoms with Crippen molar-refractivity contribution in [1.29, 1.82) is 0 Å². The van der Waals surface area contributed by atoms with Crippen molar-refractivity contribution in [2.75, 3.05) is 19.6 Å². The summed E-state index contributed by atoms with van der Waals surface area (Å²) in [5.74, 6) is 1.05. The van der Waals surface area contributed by atoms with E-state index in [1.54, 1.807) is 0 Å². The van der Waals surface area contributed by atoms with E-state index in [9.17, 15) is 0 Å². The van der Waals surface area contributed by atoms with E-state index in [4.69, 9.17) is 0 Å². The Balaban J connectivity index is 1.45. The molecule has 0 aromatic heterocycles. The molecule has 0 radical (unpaired) electrons. The van der Waals surface area contributed by atoms with Crippen molar-refractivity contribution in [3.63, 3.8) is 0 Å². The lowest BCUT2D eigenvalue weighted by Gasteiger charge is -2.31. The van der Waals surface area contributed by atoms with Crippen LogP contribution in [0.2, 0.25) is 0 Å². The molecule has 1 aliphatic carbocycles. The highest BCUT2D eigenvalue weighted by molar-refractivity contribution is 4.88. The second-order valence-corrected chi connectivity index (χ2v) is 6.73. The third kappa shape index (κ3) is 3.08. The van der Waals surface area contributed by atoms with E-state index < -0.39 is 0 Å². The maximum atomic E-state index is 3.70. The molecule has 1 N–H and O–H groups in total. The summed E-state index contributed by atoms with van der Waals surface area (Å²) in [6, 6.07) is 1.78. The van der Waals surface area contributed by atoms with Gasteiger partial charge >= 0.3 is 0 Å². The Morgan fingerprint density at radius 1 is 0.889 bits per heavy atom. The largest absolute Gasteiger partial charge is 0.314 e. The van der Waals surface area contributed by atoms with Gasteiger partial charge in [-0.1, -0.05) is 19.3 Å². The van der Waals surface area contributed by atoms with Crippen LogP contribution < -0.4 is 5.32 Å². The van der Waals surface area contributed by atoms with E-state index in [0.29, 0.717) is 0 Å². The summed E-state index contributed by atoms with van der Waals surface area (Å²) >= 11 is 0. The zero-order chi connectivity index (χ0) is 12.2. The molecule has 3 fully saturated rings. The number of hydrogen-bond acceptors (Lipinski definition) is 2. The first-order valence-electron chi connectivity index (χ1n) is 8.41. The van der Waals surface area contributed by atoms with Crippen LogP contribution in [-0.2, 0) is 0 Å². The number of piperidine rings is 1. The lowest BCUT2D eigenvalue weighted by Crippen LogP contribution is -2.40. The normalized spacial score (nSPS) is 35.3. The fourth-order valence-electron chi connectivity index (χ4n) is 4.50. The Hall–Kier alpha value is -0.0800. The Morgan fingerprint density at radius 2 is 1.72 bits per heavy atom. The van der Waals surface area contributed by atoms with Crippen LogP contribution in [0.4, 0.5) is 0 Å². The number of nitrogens with zero attached hydrogens (tertiary/aromatic N) is 1. The zero-order valence-electron chi connectivity index (χ0n) is 11.9. The average Bonchev–Trinajstić information content (AvgIpc) is 3.08. The Bertz CT molecular complexity index is 241. The molecule has 2 saturated heterocycles. The summed E-state index contributed by atoms with van der Waals surface area (Å²) in [4.78, 5) is 2.84. The Morgan fingerprint density at radius 3 is 2.50 bits per heavy atom.